The highest BCUT2D eigenvalue weighted by atomic mass is 16.5. The van der Waals surface area contributed by atoms with Crippen LogP contribution in [0.25, 0.3) is 5.69 Å². The highest BCUT2D eigenvalue weighted by molar-refractivity contribution is 5.40. The van der Waals surface area contributed by atoms with E-state index in [1.54, 1.807) is 0 Å². The summed E-state index contributed by atoms with van der Waals surface area (Å²) in [6, 6.07) is 8.10. The quantitative estimate of drug-likeness (QED) is 0.880. The fourth-order valence-electron chi connectivity index (χ4n) is 2.26. The SMILES string of the molecule is CCNC(C)c1nnn(-c2cccc(OCC)c2)c1C. The fraction of sp³-hybridized carbons (Fsp3) is 0.467. The maximum Gasteiger partial charge on any atom is 0.121 e. The predicted octanol–water partition coefficient (Wildman–Crippen LogP) is 2.64. The monoisotopic (exact) mass is 274 g/mol. The second-order valence-electron chi connectivity index (χ2n) is 4.68. The molecular weight excluding hydrogens is 252 g/mol. The van der Waals surface area contributed by atoms with Crippen molar-refractivity contribution in [1.29, 1.82) is 0 Å². The van der Waals surface area contributed by atoms with Gasteiger partial charge in [-0.1, -0.05) is 18.2 Å². The van der Waals surface area contributed by atoms with Crippen LogP contribution in [0.2, 0.25) is 0 Å². The standard InChI is InChI=1S/C15H22N4O/c1-5-16-11(3)15-12(4)19(18-17-15)13-8-7-9-14(10-13)20-6-2/h7-11,16H,5-6H2,1-4H3. The Kier molecular flexibility index (Phi) is 4.74. The van der Waals surface area contributed by atoms with E-state index in [1.807, 2.05) is 42.8 Å². The predicted molar refractivity (Wildman–Crippen MR) is 79.4 cm³/mol. The third kappa shape index (κ3) is 2.99. The van der Waals surface area contributed by atoms with E-state index in [0.717, 1.165) is 29.4 Å². The van der Waals surface area contributed by atoms with Crippen molar-refractivity contribution in [1.82, 2.24) is 20.3 Å². The summed E-state index contributed by atoms with van der Waals surface area (Å²) < 4.78 is 7.38. The van der Waals surface area contributed by atoms with Gasteiger partial charge in [0.05, 0.1) is 24.0 Å². The van der Waals surface area contributed by atoms with Crippen molar-refractivity contribution in [2.45, 2.75) is 33.7 Å². The smallest absolute Gasteiger partial charge is 0.121 e. The number of benzene rings is 1. The Labute approximate surface area is 120 Å². The van der Waals surface area contributed by atoms with Crippen LogP contribution in [0.4, 0.5) is 0 Å². The van der Waals surface area contributed by atoms with Gasteiger partial charge in [-0.25, -0.2) is 4.68 Å². The first kappa shape index (κ1) is 14.5. The van der Waals surface area contributed by atoms with Crippen molar-refractivity contribution < 1.29 is 4.74 Å². The van der Waals surface area contributed by atoms with Gasteiger partial charge in [0, 0.05) is 6.07 Å². The molecule has 0 spiro atoms. The summed E-state index contributed by atoms with van der Waals surface area (Å²) in [6.45, 7) is 9.76. The first-order chi connectivity index (χ1) is 9.67. The first-order valence-electron chi connectivity index (χ1n) is 7.06. The normalized spacial score (nSPS) is 12.4. The molecule has 2 rings (SSSR count). The van der Waals surface area contributed by atoms with Crippen LogP contribution in [0.5, 0.6) is 5.75 Å². The molecule has 5 heteroatoms. The molecule has 0 aliphatic carbocycles. The van der Waals surface area contributed by atoms with Crippen LogP contribution in [0.3, 0.4) is 0 Å². The number of hydrogen-bond donors (Lipinski definition) is 1. The van der Waals surface area contributed by atoms with Gasteiger partial charge in [0.15, 0.2) is 0 Å². The largest absolute Gasteiger partial charge is 0.494 e. The summed E-state index contributed by atoms with van der Waals surface area (Å²) in [5.74, 6) is 0.848. The molecule has 20 heavy (non-hydrogen) atoms. The van der Waals surface area contributed by atoms with E-state index in [4.69, 9.17) is 4.74 Å². The van der Waals surface area contributed by atoms with Gasteiger partial charge in [0.25, 0.3) is 0 Å². The molecule has 0 amide bonds. The van der Waals surface area contributed by atoms with Gasteiger partial charge in [-0.2, -0.15) is 0 Å². The summed E-state index contributed by atoms with van der Waals surface area (Å²) in [5.41, 5.74) is 3.00. The minimum Gasteiger partial charge on any atom is -0.494 e. The zero-order chi connectivity index (χ0) is 14.5. The molecule has 1 unspecified atom stereocenters. The van der Waals surface area contributed by atoms with Crippen molar-refractivity contribution in [2.24, 2.45) is 0 Å². The minimum absolute atomic E-state index is 0.198. The lowest BCUT2D eigenvalue weighted by molar-refractivity contribution is 0.340. The van der Waals surface area contributed by atoms with E-state index in [9.17, 15) is 0 Å². The van der Waals surface area contributed by atoms with Crippen LogP contribution in [-0.4, -0.2) is 28.1 Å². The topological polar surface area (TPSA) is 52.0 Å². The lowest BCUT2D eigenvalue weighted by atomic mass is 10.2. The van der Waals surface area contributed by atoms with E-state index in [1.165, 1.54) is 0 Å². The van der Waals surface area contributed by atoms with Crippen LogP contribution < -0.4 is 10.1 Å². The molecule has 0 fully saturated rings. The molecule has 2 aromatic rings. The first-order valence-corrected chi connectivity index (χ1v) is 7.06. The molecule has 1 heterocycles. The highest BCUT2D eigenvalue weighted by Crippen LogP contribution is 2.20. The number of nitrogens with one attached hydrogen (secondary N) is 1. The molecule has 0 bridgehead atoms. The summed E-state index contributed by atoms with van der Waals surface area (Å²) in [6.07, 6.45) is 0. The van der Waals surface area contributed by atoms with Gasteiger partial charge in [0.1, 0.15) is 11.4 Å². The van der Waals surface area contributed by atoms with Gasteiger partial charge in [-0.15, -0.1) is 5.10 Å². The Balaban J connectivity index is 2.31. The molecular formula is C15H22N4O. The Morgan fingerprint density at radius 2 is 2.15 bits per heavy atom. The molecule has 1 N–H and O–H groups in total. The Bertz CT molecular complexity index is 565. The van der Waals surface area contributed by atoms with Crippen molar-refractivity contribution in [3.05, 3.63) is 35.7 Å². The molecule has 1 aromatic carbocycles. The molecule has 0 saturated carbocycles. The number of hydrogen-bond acceptors (Lipinski definition) is 4. The van der Waals surface area contributed by atoms with Crippen LogP contribution in [0.1, 0.15) is 38.2 Å². The van der Waals surface area contributed by atoms with Crippen molar-refractivity contribution in [2.75, 3.05) is 13.2 Å². The second kappa shape index (κ2) is 6.52. The third-order valence-electron chi connectivity index (χ3n) is 3.22. The van der Waals surface area contributed by atoms with Gasteiger partial charge < -0.3 is 10.1 Å². The minimum atomic E-state index is 0.198. The molecule has 1 aromatic heterocycles. The Morgan fingerprint density at radius 1 is 1.35 bits per heavy atom. The van der Waals surface area contributed by atoms with Crippen LogP contribution in [-0.2, 0) is 0 Å². The molecule has 5 nitrogen and oxygen atoms in total. The van der Waals surface area contributed by atoms with Gasteiger partial charge in [0.2, 0.25) is 0 Å². The molecule has 1 atom stereocenters. The molecule has 0 aliphatic heterocycles. The van der Waals surface area contributed by atoms with Gasteiger partial charge in [-0.05, 0) is 39.4 Å². The van der Waals surface area contributed by atoms with E-state index < -0.39 is 0 Å². The van der Waals surface area contributed by atoms with Gasteiger partial charge in [-0.3, -0.25) is 0 Å². The fourth-order valence-corrected chi connectivity index (χ4v) is 2.26. The zero-order valence-corrected chi connectivity index (χ0v) is 12.6. The highest BCUT2D eigenvalue weighted by Gasteiger charge is 2.15. The van der Waals surface area contributed by atoms with Crippen LogP contribution in [0.15, 0.2) is 24.3 Å². The van der Waals surface area contributed by atoms with Crippen LogP contribution in [0, 0.1) is 6.92 Å². The second-order valence-corrected chi connectivity index (χ2v) is 4.68. The lowest BCUT2D eigenvalue weighted by Crippen LogP contribution is -2.19. The average Bonchev–Trinajstić information content (AvgIpc) is 2.82. The summed E-state index contributed by atoms with van der Waals surface area (Å²) in [5, 5.41) is 11.9. The van der Waals surface area contributed by atoms with Gasteiger partial charge >= 0.3 is 0 Å². The summed E-state index contributed by atoms with van der Waals surface area (Å²) in [4.78, 5) is 0. The molecule has 0 aliphatic rings. The lowest BCUT2D eigenvalue weighted by Gasteiger charge is -2.11. The van der Waals surface area contributed by atoms with E-state index >= 15 is 0 Å². The number of aromatic nitrogens is 3. The molecule has 0 saturated heterocycles. The summed E-state index contributed by atoms with van der Waals surface area (Å²) in [7, 11) is 0. The summed E-state index contributed by atoms with van der Waals surface area (Å²) >= 11 is 0. The molecule has 0 radical (unpaired) electrons. The maximum atomic E-state index is 5.53. The maximum absolute atomic E-state index is 5.53. The third-order valence-corrected chi connectivity index (χ3v) is 3.22. The van der Waals surface area contributed by atoms with E-state index in [-0.39, 0.29) is 6.04 Å². The van der Waals surface area contributed by atoms with Crippen molar-refractivity contribution in [3.63, 3.8) is 0 Å². The van der Waals surface area contributed by atoms with E-state index in [2.05, 4.69) is 29.5 Å². The van der Waals surface area contributed by atoms with Crippen LogP contribution >= 0.6 is 0 Å². The average molecular weight is 274 g/mol. The number of ether oxygens (including phenoxy) is 1. The van der Waals surface area contributed by atoms with Crippen molar-refractivity contribution in [3.8, 4) is 11.4 Å². The van der Waals surface area contributed by atoms with E-state index in [0.29, 0.717) is 6.61 Å². The number of rotatable bonds is 6. The zero-order valence-electron chi connectivity index (χ0n) is 12.6. The van der Waals surface area contributed by atoms with Crippen molar-refractivity contribution >= 4 is 0 Å². The Morgan fingerprint density at radius 3 is 2.85 bits per heavy atom. The molecule has 108 valence electrons. The number of nitrogens with zero attached hydrogens (tertiary/aromatic N) is 3. The Hall–Kier alpha value is -1.88.